The second kappa shape index (κ2) is 8.64. The zero-order valence-electron chi connectivity index (χ0n) is 15.9. The van der Waals surface area contributed by atoms with Crippen molar-refractivity contribution in [3.8, 4) is 28.5 Å². The Labute approximate surface area is 174 Å². The van der Waals surface area contributed by atoms with Gasteiger partial charge in [0.2, 0.25) is 5.88 Å². The summed E-state index contributed by atoms with van der Waals surface area (Å²) in [5.74, 6) is 0.970. The number of rotatable bonds is 5. The van der Waals surface area contributed by atoms with Gasteiger partial charge in [-0.25, -0.2) is 4.99 Å². The van der Waals surface area contributed by atoms with E-state index in [0.717, 1.165) is 22.3 Å². The van der Waals surface area contributed by atoms with Crippen LogP contribution in [0.25, 0.3) is 22.5 Å². The van der Waals surface area contributed by atoms with E-state index in [4.69, 9.17) is 4.42 Å². The molecule has 1 heterocycles. The van der Waals surface area contributed by atoms with E-state index in [-0.39, 0.29) is 0 Å². The van der Waals surface area contributed by atoms with Gasteiger partial charge in [0.05, 0.1) is 0 Å². The van der Waals surface area contributed by atoms with Gasteiger partial charge in [0.25, 0.3) is 0 Å². The van der Waals surface area contributed by atoms with Gasteiger partial charge in [-0.2, -0.15) is 5.26 Å². The van der Waals surface area contributed by atoms with E-state index in [0.29, 0.717) is 17.2 Å². The molecule has 0 radical (unpaired) electrons. The third-order valence-corrected chi connectivity index (χ3v) is 5.29. The molecule has 0 fully saturated rings. The van der Waals surface area contributed by atoms with Crippen molar-refractivity contribution in [2.45, 2.75) is 4.90 Å². The fourth-order valence-corrected chi connectivity index (χ4v) is 3.52. The first kappa shape index (κ1) is 18.8. The SMILES string of the molecule is CSc1ccc(/C=N/c2oc(-c3ccccc3)c(-c3ccccc3)c2C#N)cc1. The highest BCUT2D eigenvalue weighted by molar-refractivity contribution is 7.98. The molecule has 0 aliphatic carbocycles. The molecule has 0 aliphatic heterocycles. The summed E-state index contributed by atoms with van der Waals surface area (Å²) in [6.45, 7) is 0. The monoisotopic (exact) mass is 394 g/mol. The van der Waals surface area contributed by atoms with Gasteiger partial charge in [0, 0.05) is 22.2 Å². The molecule has 0 saturated carbocycles. The van der Waals surface area contributed by atoms with Crippen LogP contribution in [0.1, 0.15) is 11.1 Å². The van der Waals surface area contributed by atoms with Crippen molar-refractivity contribution in [1.29, 1.82) is 5.26 Å². The number of benzene rings is 3. The first-order valence-electron chi connectivity index (χ1n) is 9.16. The highest BCUT2D eigenvalue weighted by Gasteiger charge is 2.22. The Hall–Kier alpha value is -3.55. The number of furan rings is 1. The molecule has 1 aromatic heterocycles. The van der Waals surface area contributed by atoms with E-state index in [2.05, 4.69) is 11.1 Å². The van der Waals surface area contributed by atoms with Crippen molar-refractivity contribution >= 4 is 23.9 Å². The summed E-state index contributed by atoms with van der Waals surface area (Å²) in [5.41, 5.74) is 3.99. The van der Waals surface area contributed by atoms with Gasteiger partial charge in [0.15, 0.2) is 0 Å². The molecule has 29 heavy (non-hydrogen) atoms. The van der Waals surface area contributed by atoms with E-state index < -0.39 is 0 Å². The number of thioether (sulfide) groups is 1. The molecule has 4 heteroatoms. The maximum atomic E-state index is 9.90. The molecule has 4 rings (SSSR count). The van der Waals surface area contributed by atoms with E-state index in [9.17, 15) is 5.26 Å². The second-order valence-corrected chi connectivity index (χ2v) is 7.24. The standard InChI is InChI=1S/C25H18N2OS/c1-29-21-14-12-18(13-15-21)17-27-25-22(16-26)23(19-8-4-2-5-9-19)24(28-25)20-10-6-3-7-11-20/h2-15,17H,1H3/b27-17+. The Morgan fingerprint density at radius 1 is 0.862 bits per heavy atom. The summed E-state index contributed by atoms with van der Waals surface area (Å²) in [7, 11) is 0. The minimum absolute atomic E-state index is 0.319. The van der Waals surface area contributed by atoms with Crippen LogP contribution in [0.15, 0.2) is 99.2 Å². The van der Waals surface area contributed by atoms with Gasteiger partial charge in [-0.15, -0.1) is 11.8 Å². The fourth-order valence-electron chi connectivity index (χ4n) is 3.11. The molecule has 0 N–H and O–H groups in total. The summed E-state index contributed by atoms with van der Waals surface area (Å²) < 4.78 is 6.12. The smallest absolute Gasteiger partial charge is 0.238 e. The molecule has 0 saturated heterocycles. The minimum Gasteiger partial charge on any atom is -0.436 e. The average molecular weight is 394 g/mol. The van der Waals surface area contributed by atoms with Crippen molar-refractivity contribution in [2.24, 2.45) is 4.99 Å². The van der Waals surface area contributed by atoms with Crippen LogP contribution in [0.2, 0.25) is 0 Å². The quantitative estimate of drug-likeness (QED) is 0.272. The third kappa shape index (κ3) is 4.01. The van der Waals surface area contributed by atoms with Crippen LogP contribution in [-0.2, 0) is 0 Å². The van der Waals surface area contributed by atoms with Crippen LogP contribution in [-0.4, -0.2) is 12.5 Å². The van der Waals surface area contributed by atoms with Crippen LogP contribution in [0.5, 0.6) is 0 Å². The topological polar surface area (TPSA) is 49.3 Å². The Morgan fingerprint density at radius 2 is 1.48 bits per heavy atom. The molecule has 0 aliphatic rings. The summed E-state index contributed by atoms with van der Waals surface area (Å²) in [4.78, 5) is 5.70. The molecule has 0 atom stereocenters. The predicted octanol–water partition coefficient (Wildman–Crippen LogP) is 6.96. The molecular formula is C25H18N2OS. The molecular weight excluding hydrogens is 376 g/mol. The van der Waals surface area contributed by atoms with E-state index in [1.807, 2.05) is 91.2 Å². The van der Waals surface area contributed by atoms with Crippen LogP contribution >= 0.6 is 11.8 Å². The van der Waals surface area contributed by atoms with Gasteiger partial charge in [-0.1, -0.05) is 72.8 Å². The zero-order chi connectivity index (χ0) is 20.1. The molecule has 0 bridgehead atoms. The molecule has 0 unspecified atom stereocenters. The van der Waals surface area contributed by atoms with Crippen molar-refractivity contribution in [3.63, 3.8) is 0 Å². The minimum atomic E-state index is 0.319. The molecule has 3 aromatic carbocycles. The number of hydrogen-bond acceptors (Lipinski definition) is 4. The van der Waals surface area contributed by atoms with Crippen LogP contribution in [0.3, 0.4) is 0 Å². The summed E-state index contributed by atoms with van der Waals surface area (Å²) in [5, 5.41) is 9.90. The predicted molar refractivity (Wildman–Crippen MR) is 120 cm³/mol. The lowest BCUT2D eigenvalue weighted by atomic mass is 9.98. The fraction of sp³-hybridized carbons (Fsp3) is 0.0400. The van der Waals surface area contributed by atoms with Crippen LogP contribution in [0, 0.1) is 11.3 Å². The van der Waals surface area contributed by atoms with E-state index >= 15 is 0 Å². The lowest BCUT2D eigenvalue weighted by molar-refractivity contribution is 0.593. The lowest BCUT2D eigenvalue weighted by Crippen LogP contribution is -1.83. The van der Waals surface area contributed by atoms with Gasteiger partial charge < -0.3 is 4.42 Å². The zero-order valence-corrected chi connectivity index (χ0v) is 16.7. The summed E-state index contributed by atoms with van der Waals surface area (Å²) >= 11 is 1.69. The van der Waals surface area contributed by atoms with Gasteiger partial charge >= 0.3 is 0 Å². The number of nitriles is 1. The Bertz CT molecular complexity index is 1170. The first-order valence-corrected chi connectivity index (χ1v) is 10.4. The Morgan fingerprint density at radius 3 is 2.07 bits per heavy atom. The van der Waals surface area contributed by atoms with Gasteiger partial charge in [0.1, 0.15) is 17.4 Å². The van der Waals surface area contributed by atoms with Gasteiger partial charge in [-0.3, -0.25) is 0 Å². The highest BCUT2D eigenvalue weighted by atomic mass is 32.2. The third-order valence-electron chi connectivity index (χ3n) is 4.55. The van der Waals surface area contributed by atoms with Crippen molar-refractivity contribution < 1.29 is 4.42 Å². The lowest BCUT2D eigenvalue weighted by Gasteiger charge is -2.03. The highest BCUT2D eigenvalue weighted by Crippen LogP contribution is 2.42. The van der Waals surface area contributed by atoms with Crippen LogP contribution < -0.4 is 0 Å². The van der Waals surface area contributed by atoms with E-state index in [1.54, 1.807) is 18.0 Å². The Balaban J connectivity index is 1.83. The molecule has 0 spiro atoms. The number of hydrogen-bond donors (Lipinski definition) is 0. The van der Waals surface area contributed by atoms with Crippen LogP contribution in [0.4, 0.5) is 5.88 Å². The molecule has 3 nitrogen and oxygen atoms in total. The first-order chi connectivity index (χ1) is 14.3. The maximum absolute atomic E-state index is 9.90. The van der Waals surface area contributed by atoms with Crippen molar-refractivity contribution in [1.82, 2.24) is 0 Å². The Kier molecular flexibility index (Phi) is 5.60. The molecule has 140 valence electrons. The molecule has 0 amide bonds. The second-order valence-electron chi connectivity index (χ2n) is 6.36. The van der Waals surface area contributed by atoms with Crippen molar-refractivity contribution in [3.05, 3.63) is 96.1 Å². The normalized spacial score (nSPS) is 10.9. The average Bonchev–Trinajstić information content (AvgIpc) is 3.17. The van der Waals surface area contributed by atoms with E-state index in [1.165, 1.54) is 4.90 Å². The maximum Gasteiger partial charge on any atom is 0.238 e. The van der Waals surface area contributed by atoms with Gasteiger partial charge in [-0.05, 0) is 29.5 Å². The largest absolute Gasteiger partial charge is 0.436 e. The summed E-state index contributed by atoms with van der Waals surface area (Å²) in [6.07, 6.45) is 3.77. The van der Waals surface area contributed by atoms with Crippen molar-refractivity contribution in [2.75, 3.05) is 6.26 Å². The summed E-state index contributed by atoms with van der Waals surface area (Å²) in [6, 6.07) is 30.0. The number of aliphatic imine (C=N–C) groups is 1. The molecule has 4 aromatic rings. The number of nitrogens with zero attached hydrogens (tertiary/aromatic N) is 2.